The second-order valence-electron chi connectivity index (χ2n) is 4.15. The Bertz CT molecular complexity index is 494. The molecule has 0 saturated carbocycles. The van der Waals surface area contributed by atoms with Crippen LogP contribution in [-0.2, 0) is 15.6 Å². The fraction of sp³-hybridized carbons (Fsp3) is 0.556. The zero-order chi connectivity index (χ0) is 13.3. The average molecular weight is 293 g/mol. The molecule has 0 spiro atoms. The van der Waals surface area contributed by atoms with E-state index < -0.39 is 20.8 Å². The molecule has 1 atom stereocenters. The van der Waals surface area contributed by atoms with Gasteiger partial charge in [0.2, 0.25) is 10.0 Å². The number of aromatic nitrogens is 1. The predicted molar refractivity (Wildman–Crippen MR) is 73.4 cm³/mol. The van der Waals surface area contributed by atoms with Crippen molar-refractivity contribution in [3.05, 3.63) is 16.6 Å². The van der Waals surface area contributed by atoms with Crippen LogP contribution >= 0.6 is 23.6 Å². The molecule has 0 saturated heterocycles. The van der Waals surface area contributed by atoms with E-state index in [9.17, 15) is 8.42 Å². The maximum absolute atomic E-state index is 12.0. The lowest BCUT2D eigenvalue weighted by Crippen LogP contribution is -2.47. The van der Waals surface area contributed by atoms with Crippen molar-refractivity contribution in [2.75, 3.05) is 0 Å². The van der Waals surface area contributed by atoms with Gasteiger partial charge in [-0.15, -0.1) is 11.3 Å². The van der Waals surface area contributed by atoms with E-state index >= 15 is 0 Å². The van der Waals surface area contributed by atoms with Crippen molar-refractivity contribution in [1.29, 1.82) is 0 Å². The van der Waals surface area contributed by atoms with Gasteiger partial charge in [0.1, 0.15) is 10.3 Å². The molecular weight excluding hydrogens is 278 g/mol. The Morgan fingerprint density at radius 3 is 2.65 bits per heavy atom. The molecular formula is C9H15N3O2S3. The minimum absolute atomic E-state index is 0.0487. The summed E-state index contributed by atoms with van der Waals surface area (Å²) in [6, 6.07) is 0. The number of sulfonamides is 1. The zero-order valence-corrected chi connectivity index (χ0v) is 12.2. The summed E-state index contributed by atoms with van der Waals surface area (Å²) >= 11 is 6.09. The van der Waals surface area contributed by atoms with Gasteiger partial charge in [-0.05, 0) is 20.8 Å². The Morgan fingerprint density at radius 2 is 2.24 bits per heavy atom. The minimum Gasteiger partial charge on any atom is -0.392 e. The number of thiocarbonyl (C=S) groups is 1. The summed E-state index contributed by atoms with van der Waals surface area (Å²) in [5.74, 6) is 0. The van der Waals surface area contributed by atoms with Crippen LogP contribution in [0.3, 0.4) is 0 Å². The molecule has 1 aromatic heterocycles. The van der Waals surface area contributed by atoms with Crippen molar-refractivity contribution in [2.24, 2.45) is 5.73 Å². The fourth-order valence-corrected chi connectivity index (χ4v) is 3.63. The topological polar surface area (TPSA) is 85.1 Å². The first-order chi connectivity index (χ1) is 7.67. The minimum atomic E-state index is -3.59. The third kappa shape index (κ3) is 3.44. The summed E-state index contributed by atoms with van der Waals surface area (Å²) in [5.41, 5.74) is 4.59. The number of nitrogens with one attached hydrogen (secondary N) is 1. The largest absolute Gasteiger partial charge is 0.392 e. The highest BCUT2D eigenvalue weighted by atomic mass is 32.2. The number of nitrogens with two attached hydrogens (primary N) is 1. The molecule has 0 aliphatic carbocycles. The van der Waals surface area contributed by atoms with E-state index in [4.69, 9.17) is 18.0 Å². The van der Waals surface area contributed by atoms with Gasteiger partial charge in [-0.3, -0.25) is 0 Å². The van der Waals surface area contributed by atoms with Gasteiger partial charge in [0, 0.05) is 11.6 Å². The molecule has 0 amide bonds. The first kappa shape index (κ1) is 14.5. The van der Waals surface area contributed by atoms with Crippen LogP contribution in [0.25, 0.3) is 0 Å². The first-order valence-electron chi connectivity index (χ1n) is 4.89. The Kier molecular flexibility index (Phi) is 4.23. The van der Waals surface area contributed by atoms with E-state index in [0.29, 0.717) is 5.01 Å². The van der Waals surface area contributed by atoms with Gasteiger partial charge in [0.25, 0.3) is 0 Å². The smallest absolute Gasteiger partial charge is 0.221 e. The molecule has 0 aliphatic heterocycles. The normalized spacial score (nSPS) is 14.5. The highest BCUT2D eigenvalue weighted by Gasteiger charge is 2.33. The highest BCUT2D eigenvalue weighted by Crippen LogP contribution is 2.23. The molecule has 8 heteroatoms. The molecule has 3 N–H and O–H groups in total. The van der Waals surface area contributed by atoms with E-state index in [1.807, 2.05) is 0 Å². The van der Waals surface area contributed by atoms with Crippen LogP contribution in [0.1, 0.15) is 25.8 Å². The Balaban J connectivity index is 2.95. The molecule has 0 aromatic carbocycles. The van der Waals surface area contributed by atoms with Gasteiger partial charge in [-0.1, -0.05) is 12.2 Å². The van der Waals surface area contributed by atoms with Crippen LogP contribution in [0, 0.1) is 0 Å². The van der Waals surface area contributed by atoms with Crippen LogP contribution in [0.4, 0.5) is 0 Å². The van der Waals surface area contributed by atoms with E-state index in [1.54, 1.807) is 25.4 Å². The Morgan fingerprint density at radius 1 is 1.65 bits per heavy atom. The molecule has 0 radical (unpaired) electrons. The van der Waals surface area contributed by atoms with Crippen molar-refractivity contribution in [3.63, 3.8) is 0 Å². The third-order valence-corrected chi connectivity index (χ3v) is 5.81. The predicted octanol–water partition coefficient (Wildman–Crippen LogP) is 0.972. The first-order valence-corrected chi connectivity index (χ1v) is 7.72. The van der Waals surface area contributed by atoms with Crippen LogP contribution in [0.2, 0.25) is 0 Å². The van der Waals surface area contributed by atoms with Crippen LogP contribution in [-0.4, -0.2) is 23.6 Å². The van der Waals surface area contributed by atoms with E-state index in [1.165, 1.54) is 18.3 Å². The molecule has 0 fully saturated rings. The van der Waals surface area contributed by atoms with E-state index in [0.717, 1.165) is 0 Å². The van der Waals surface area contributed by atoms with Crippen molar-refractivity contribution < 1.29 is 8.42 Å². The summed E-state index contributed by atoms with van der Waals surface area (Å²) in [6.45, 7) is 4.95. The van der Waals surface area contributed by atoms with Gasteiger partial charge in [-0.25, -0.2) is 18.1 Å². The van der Waals surface area contributed by atoms with Crippen LogP contribution < -0.4 is 10.5 Å². The molecule has 1 unspecified atom stereocenters. The van der Waals surface area contributed by atoms with E-state index in [-0.39, 0.29) is 4.99 Å². The quantitative estimate of drug-likeness (QED) is 0.790. The second-order valence-corrected chi connectivity index (χ2v) is 7.52. The zero-order valence-electron chi connectivity index (χ0n) is 9.80. The number of hydrogen-bond donors (Lipinski definition) is 2. The lowest BCUT2D eigenvalue weighted by molar-refractivity contribution is 0.468. The van der Waals surface area contributed by atoms with Gasteiger partial charge in [0.15, 0.2) is 0 Å². The number of hydrogen-bond acceptors (Lipinski definition) is 5. The lowest BCUT2D eigenvalue weighted by atomic mass is 10.1. The third-order valence-electron chi connectivity index (χ3n) is 2.23. The molecule has 1 heterocycles. The molecule has 96 valence electrons. The highest BCUT2D eigenvalue weighted by molar-refractivity contribution is 7.93. The Hall–Kier alpha value is -0.570. The molecule has 17 heavy (non-hydrogen) atoms. The maximum atomic E-state index is 12.0. The fourth-order valence-electron chi connectivity index (χ4n) is 1.17. The summed E-state index contributed by atoms with van der Waals surface area (Å²) < 4.78 is 26.5. The van der Waals surface area contributed by atoms with Gasteiger partial charge >= 0.3 is 0 Å². The van der Waals surface area contributed by atoms with Crippen LogP contribution in [0.15, 0.2) is 11.6 Å². The summed E-state index contributed by atoms with van der Waals surface area (Å²) in [4.78, 5) is 4.06. The number of thiazole rings is 1. The van der Waals surface area contributed by atoms with Gasteiger partial charge in [0.05, 0.1) is 10.5 Å². The molecule has 0 aliphatic rings. The summed E-state index contributed by atoms with van der Waals surface area (Å²) in [5, 5.41) is 1.58. The summed E-state index contributed by atoms with van der Waals surface area (Å²) in [6.07, 6.45) is 1.63. The molecule has 0 bridgehead atoms. The van der Waals surface area contributed by atoms with Crippen molar-refractivity contribution in [2.45, 2.75) is 31.6 Å². The molecule has 1 rings (SSSR count). The number of nitrogens with zero attached hydrogens (tertiary/aromatic N) is 1. The van der Waals surface area contributed by atoms with Crippen LogP contribution in [0.5, 0.6) is 0 Å². The van der Waals surface area contributed by atoms with E-state index in [2.05, 4.69) is 9.71 Å². The van der Waals surface area contributed by atoms with Crippen molar-refractivity contribution in [3.8, 4) is 0 Å². The lowest BCUT2D eigenvalue weighted by Gasteiger charge is -2.25. The van der Waals surface area contributed by atoms with Gasteiger partial charge < -0.3 is 5.73 Å². The standard InChI is InChI=1S/C9H15N3O2S3/c1-6(7(10)15)17(13,14)12-9(2,3)8-11-4-5-16-8/h4-6,12H,1-3H3,(H2,10,15). The monoisotopic (exact) mass is 293 g/mol. The van der Waals surface area contributed by atoms with Crippen molar-refractivity contribution >= 4 is 38.6 Å². The Labute approximate surface area is 110 Å². The molecule has 5 nitrogen and oxygen atoms in total. The van der Waals surface area contributed by atoms with Crippen molar-refractivity contribution in [1.82, 2.24) is 9.71 Å². The van der Waals surface area contributed by atoms with Gasteiger partial charge in [-0.2, -0.15) is 0 Å². The maximum Gasteiger partial charge on any atom is 0.221 e. The summed E-state index contributed by atoms with van der Waals surface area (Å²) in [7, 11) is -3.59. The average Bonchev–Trinajstić information content (AvgIpc) is 2.67. The number of rotatable bonds is 5. The molecule has 1 aromatic rings. The second kappa shape index (κ2) is 4.97. The SMILES string of the molecule is CC(C(N)=S)S(=O)(=O)NC(C)(C)c1nccs1.